The van der Waals surface area contributed by atoms with Crippen LogP contribution < -0.4 is 15.2 Å². The van der Waals surface area contributed by atoms with Gasteiger partial charge in [-0.1, -0.05) is 0 Å². The highest BCUT2D eigenvalue weighted by Gasteiger charge is 2.18. The van der Waals surface area contributed by atoms with Crippen molar-refractivity contribution >= 4 is 17.0 Å². The second kappa shape index (κ2) is 4.25. The fourth-order valence-electron chi connectivity index (χ4n) is 1.83. The predicted molar refractivity (Wildman–Crippen MR) is 67.6 cm³/mol. The zero-order valence-corrected chi connectivity index (χ0v) is 10.00. The van der Waals surface area contributed by atoms with Crippen molar-refractivity contribution in [2.24, 2.45) is 0 Å². The first-order valence-electron chi connectivity index (χ1n) is 5.42. The van der Waals surface area contributed by atoms with Gasteiger partial charge in [0, 0.05) is 29.1 Å². The Labute approximate surface area is 103 Å². The summed E-state index contributed by atoms with van der Waals surface area (Å²) in [6, 6.07) is 3.68. The second-order valence-corrected chi connectivity index (χ2v) is 4.54. The van der Waals surface area contributed by atoms with E-state index in [1.165, 1.54) is 0 Å². The lowest BCUT2D eigenvalue weighted by Crippen LogP contribution is -1.98. The minimum absolute atomic E-state index is 0.660. The van der Waals surface area contributed by atoms with Gasteiger partial charge in [-0.3, -0.25) is 0 Å². The van der Waals surface area contributed by atoms with Crippen molar-refractivity contribution in [1.82, 2.24) is 4.98 Å². The molecule has 1 aromatic carbocycles. The molecule has 4 nitrogen and oxygen atoms in total. The normalized spacial score (nSPS) is 14.4. The standard InChI is InChI=1S/C12H12N2O2S/c13-8-4-9(10-6-17-7-14-10)12-11(5-8)15-2-1-3-16-12/h4-7H,1-3,13H2. The maximum Gasteiger partial charge on any atom is 0.170 e. The van der Waals surface area contributed by atoms with E-state index in [1.54, 1.807) is 22.9 Å². The number of ether oxygens (including phenoxy) is 2. The van der Waals surface area contributed by atoms with E-state index in [0.717, 1.165) is 23.4 Å². The van der Waals surface area contributed by atoms with Gasteiger partial charge in [0.15, 0.2) is 11.5 Å². The number of rotatable bonds is 1. The Kier molecular flexibility index (Phi) is 2.60. The van der Waals surface area contributed by atoms with Crippen LogP contribution in [0.2, 0.25) is 0 Å². The number of hydrogen-bond acceptors (Lipinski definition) is 5. The Hall–Kier alpha value is -1.75. The zero-order chi connectivity index (χ0) is 11.7. The molecule has 2 heterocycles. The van der Waals surface area contributed by atoms with Gasteiger partial charge in [-0.15, -0.1) is 11.3 Å². The summed E-state index contributed by atoms with van der Waals surface area (Å²) >= 11 is 1.55. The van der Waals surface area contributed by atoms with E-state index < -0.39 is 0 Å². The molecule has 0 fully saturated rings. The van der Waals surface area contributed by atoms with Crippen LogP contribution in [-0.2, 0) is 0 Å². The average Bonchev–Trinajstić information content (AvgIpc) is 2.74. The summed E-state index contributed by atoms with van der Waals surface area (Å²) in [7, 11) is 0. The minimum Gasteiger partial charge on any atom is -0.489 e. The summed E-state index contributed by atoms with van der Waals surface area (Å²) < 4.78 is 11.4. The summed E-state index contributed by atoms with van der Waals surface area (Å²) in [5, 5.41) is 1.98. The average molecular weight is 248 g/mol. The van der Waals surface area contributed by atoms with E-state index in [1.807, 2.05) is 11.4 Å². The molecule has 0 unspecified atom stereocenters. The second-order valence-electron chi connectivity index (χ2n) is 3.82. The third-order valence-corrected chi connectivity index (χ3v) is 3.16. The van der Waals surface area contributed by atoms with Crippen LogP contribution in [0.15, 0.2) is 23.0 Å². The topological polar surface area (TPSA) is 57.4 Å². The minimum atomic E-state index is 0.660. The summed E-state index contributed by atoms with van der Waals surface area (Å²) in [4.78, 5) is 4.29. The molecule has 2 N–H and O–H groups in total. The van der Waals surface area contributed by atoms with Gasteiger partial charge in [-0.05, 0) is 6.07 Å². The van der Waals surface area contributed by atoms with E-state index in [2.05, 4.69) is 4.98 Å². The van der Waals surface area contributed by atoms with Crippen molar-refractivity contribution in [2.75, 3.05) is 18.9 Å². The lowest BCUT2D eigenvalue weighted by atomic mass is 10.1. The molecule has 0 radical (unpaired) electrons. The van der Waals surface area contributed by atoms with E-state index in [0.29, 0.717) is 24.7 Å². The maximum absolute atomic E-state index is 5.88. The number of thiazole rings is 1. The maximum atomic E-state index is 5.88. The molecule has 17 heavy (non-hydrogen) atoms. The van der Waals surface area contributed by atoms with Crippen LogP contribution in [0.1, 0.15) is 6.42 Å². The Bertz CT molecular complexity index is 526. The highest BCUT2D eigenvalue weighted by Crippen LogP contribution is 2.41. The van der Waals surface area contributed by atoms with Crippen LogP contribution in [0.5, 0.6) is 11.5 Å². The van der Waals surface area contributed by atoms with Crippen molar-refractivity contribution in [3.8, 4) is 22.8 Å². The summed E-state index contributed by atoms with van der Waals surface area (Å²) in [6.07, 6.45) is 0.880. The first-order valence-corrected chi connectivity index (χ1v) is 6.36. The third-order valence-electron chi connectivity index (χ3n) is 2.58. The van der Waals surface area contributed by atoms with E-state index in [9.17, 15) is 0 Å². The molecule has 0 amide bonds. The Morgan fingerprint density at radius 2 is 2.12 bits per heavy atom. The SMILES string of the molecule is Nc1cc2c(c(-c3cscn3)c1)OCCCO2. The number of nitrogens with zero attached hydrogens (tertiary/aromatic N) is 1. The van der Waals surface area contributed by atoms with Crippen molar-refractivity contribution < 1.29 is 9.47 Å². The molecule has 1 aliphatic heterocycles. The third kappa shape index (κ3) is 1.93. The highest BCUT2D eigenvalue weighted by molar-refractivity contribution is 7.07. The van der Waals surface area contributed by atoms with Crippen molar-refractivity contribution in [1.29, 1.82) is 0 Å². The molecule has 0 spiro atoms. The van der Waals surface area contributed by atoms with Gasteiger partial charge in [-0.25, -0.2) is 4.98 Å². The zero-order valence-electron chi connectivity index (χ0n) is 9.18. The van der Waals surface area contributed by atoms with Gasteiger partial charge in [0.05, 0.1) is 24.4 Å². The molecule has 3 rings (SSSR count). The number of hydrogen-bond donors (Lipinski definition) is 1. The molecule has 0 aliphatic carbocycles. The largest absolute Gasteiger partial charge is 0.489 e. The quantitative estimate of drug-likeness (QED) is 0.788. The van der Waals surface area contributed by atoms with Gasteiger partial charge in [0.25, 0.3) is 0 Å². The van der Waals surface area contributed by atoms with Crippen LogP contribution >= 0.6 is 11.3 Å². The summed E-state index contributed by atoms with van der Waals surface area (Å²) in [6.45, 7) is 1.32. The number of nitrogen functional groups attached to an aromatic ring is 1. The van der Waals surface area contributed by atoms with Crippen molar-refractivity contribution in [3.63, 3.8) is 0 Å². The fraction of sp³-hybridized carbons (Fsp3) is 0.250. The lowest BCUT2D eigenvalue weighted by Gasteiger charge is -2.12. The monoisotopic (exact) mass is 248 g/mol. The van der Waals surface area contributed by atoms with Crippen LogP contribution in [0.4, 0.5) is 5.69 Å². The smallest absolute Gasteiger partial charge is 0.170 e. The Morgan fingerprint density at radius 1 is 1.24 bits per heavy atom. The lowest BCUT2D eigenvalue weighted by molar-refractivity contribution is 0.297. The van der Waals surface area contributed by atoms with E-state index in [4.69, 9.17) is 15.2 Å². The molecule has 0 atom stereocenters. The van der Waals surface area contributed by atoms with Gasteiger partial charge >= 0.3 is 0 Å². The van der Waals surface area contributed by atoms with Gasteiger partial charge in [0.2, 0.25) is 0 Å². The molecule has 0 saturated heterocycles. The number of nitrogens with two attached hydrogens (primary N) is 1. The number of benzene rings is 1. The van der Waals surface area contributed by atoms with Crippen LogP contribution in [0, 0.1) is 0 Å². The van der Waals surface area contributed by atoms with Crippen LogP contribution in [-0.4, -0.2) is 18.2 Å². The summed E-state index contributed by atoms with van der Waals surface area (Å²) in [5.41, 5.74) is 10.1. The first kappa shape index (κ1) is 10.4. The first-order chi connectivity index (χ1) is 8.34. The molecule has 2 aromatic rings. The van der Waals surface area contributed by atoms with Crippen LogP contribution in [0.3, 0.4) is 0 Å². The molecule has 88 valence electrons. The Morgan fingerprint density at radius 3 is 2.94 bits per heavy atom. The van der Waals surface area contributed by atoms with Crippen molar-refractivity contribution in [2.45, 2.75) is 6.42 Å². The molecule has 1 aromatic heterocycles. The molecular formula is C12H12N2O2S. The van der Waals surface area contributed by atoms with Gasteiger partial charge in [0.1, 0.15) is 0 Å². The van der Waals surface area contributed by atoms with E-state index in [-0.39, 0.29) is 0 Å². The van der Waals surface area contributed by atoms with E-state index >= 15 is 0 Å². The molecule has 0 bridgehead atoms. The molecule has 5 heteroatoms. The molecular weight excluding hydrogens is 236 g/mol. The highest BCUT2D eigenvalue weighted by atomic mass is 32.1. The van der Waals surface area contributed by atoms with Crippen molar-refractivity contribution in [3.05, 3.63) is 23.0 Å². The summed E-state index contributed by atoms with van der Waals surface area (Å²) in [5.74, 6) is 1.47. The number of anilines is 1. The Balaban J connectivity index is 2.17. The van der Waals surface area contributed by atoms with Gasteiger partial charge in [-0.2, -0.15) is 0 Å². The number of aromatic nitrogens is 1. The molecule has 0 saturated carbocycles. The number of fused-ring (bicyclic) bond motifs is 1. The predicted octanol–water partition coefficient (Wildman–Crippen LogP) is 2.55. The van der Waals surface area contributed by atoms with Crippen LogP contribution in [0.25, 0.3) is 11.3 Å². The van der Waals surface area contributed by atoms with Gasteiger partial charge < -0.3 is 15.2 Å². The fourth-order valence-corrected chi connectivity index (χ4v) is 2.38. The molecule has 1 aliphatic rings.